The van der Waals surface area contributed by atoms with Crippen LogP contribution in [0.25, 0.3) is 0 Å². The van der Waals surface area contributed by atoms with E-state index in [1.807, 2.05) is 25.1 Å². The third-order valence-corrected chi connectivity index (χ3v) is 3.85. The number of benzene rings is 1. The maximum atomic E-state index is 12.2. The first-order chi connectivity index (χ1) is 8.99. The number of hydrogen-bond acceptors (Lipinski definition) is 3. The van der Waals surface area contributed by atoms with E-state index >= 15 is 0 Å². The Morgan fingerprint density at radius 1 is 1.37 bits per heavy atom. The summed E-state index contributed by atoms with van der Waals surface area (Å²) in [4.78, 5) is 16.3. The van der Waals surface area contributed by atoms with Gasteiger partial charge < -0.3 is 11.1 Å². The number of halogens is 1. The molecule has 0 unspecified atom stereocenters. The first kappa shape index (κ1) is 13.5. The van der Waals surface area contributed by atoms with Crippen molar-refractivity contribution in [2.24, 2.45) is 0 Å². The largest absolute Gasteiger partial charge is 0.397 e. The lowest BCUT2D eigenvalue weighted by molar-refractivity contribution is 0.102. The Bertz CT molecular complexity index is 641. The Hall–Kier alpha value is -1.88. The molecule has 0 aliphatic heterocycles. The molecular weight excluding hydrogens is 306 g/mol. The number of amides is 1. The molecule has 2 rings (SSSR count). The number of hydrogen-bond donors (Lipinski definition) is 2. The molecule has 0 aliphatic rings. The van der Waals surface area contributed by atoms with E-state index in [0.717, 1.165) is 15.7 Å². The summed E-state index contributed by atoms with van der Waals surface area (Å²) in [7, 11) is 0. The van der Waals surface area contributed by atoms with Crippen molar-refractivity contribution >= 4 is 33.2 Å². The van der Waals surface area contributed by atoms with Gasteiger partial charge in [0.05, 0.1) is 28.8 Å². The first-order valence-electron chi connectivity index (χ1n) is 5.77. The summed E-state index contributed by atoms with van der Waals surface area (Å²) in [6, 6.07) is 7.32. The van der Waals surface area contributed by atoms with Gasteiger partial charge in [-0.05, 0) is 47.5 Å². The number of nitrogen functional groups attached to an aromatic ring is 1. The van der Waals surface area contributed by atoms with Crippen LogP contribution in [0.4, 0.5) is 11.4 Å². The molecule has 0 saturated carbocycles. The van der Waals surface area contributed by atoms with Crippen molar-refractivity contribution in [1.82, 2.24) is 4.98 Å². The summed E-state index contributed by atoms with van der Waals surface area (Å²) >= 11 is 3.46. The quantitative estimate of drug-likeness (QED) is 0.892. The third kappa shape index (κ3) is 2.93. The highest BCUT2D eigenvalue weighted by Crippen LogP contribution is 2.26. The summed E-state index contributed by atoms with van der Waals surface area (Å²) in [6.07, 6.45) is 1.54. The minimum atomic E-state index is -0.219. The van der Waals surface area contributed by atoms with E-state index in [1.165, 1.54) is 6.20 Å². The maximum Gasteiger partial charge on any atom is 0.257 e. The molecule has 1 aromatic heterocycles. The van der Waals surface area contributed by atoms with Crippen molar-refractivity contribution in [2.45, 2.75) is 13.8 Å². The van der Waals surface area contributed by atoms with Gasteiger partial charge in [0.2, 0.25) is 0 Å². The van der Waals surface area contributed by atoms with Crippen molar-refractivity contribution in [3.63, 3.8) is 0 Å². The van der Waals surface area contributed by atoms with Crippen LogP contribution in [0.5, 0.6) is 0 Å². The lowest BCUT2D eigenvalue weighted by Gasteiger charge is -2.10. The summed E-state index contributed by atoms with van der Waals surface area (Å²) in [5.41, 5.74) is 9.05. The van der Waals surface area contributed by atoms with Gasteiger partial charge in [-0.2, -0.15) is 0 Å². The van der Waals surface area contributed by atoms with E-state index in [4.69, 9.17) is 5.73 Å². The molecule has 3 N–H and O–H groups in total. The maximum absolute atomic E-state index is 12.2. The third-order valence-electron chi connectivity index (χ3n) is 2.79. The van der Waals surface area contributed by atoms with Gasteiger partial charge in [0.1, 0.15) is 0 Å². The fraction of sp³-hybridized carbons (Fsp3) is 0.143. The van der Waals surface area contributed by atoms with Crippen molar-refractivity contribution in [3.05, 3.63) is 51.8 Å². The molecule has 1 amide bonds. The van der Waals surface area contributed by atoms with E-state index in [-0.39, 0.29) is 5.91 Å². The number of carbonyl (C=O) groups excluding carboxylic acids is 1. The fourth-order valence-electron chi connectivity index (χ4n) is 1.71. The van der Waals surface area contributed by atoms with Crippen LogP contribution in [0.15, 0.2) is 34.9 Å². The summed E-state index contributed by atoms with van der Waals surface area (Å²) in [5, 5.41) is 2.85. The van der Waals surface area contributed by atoms with Crippen LogP contribution in [0, 0.1) is 13.8 Å². The van der Waals surface area contributed by atoms with Crippen LogP contribution >= 0.6 is 15.9 Å². The van der Waals surface area contributed by atoms with Gasteiger partial charge >= 0.3 is 0 Å². The smallest absolute Gasteiger partial charge is 0.257 e. The molecule has 0 fully saturated rings. The standard InChI is InChI=1S/C14H14BrN3O/c1-8-4-3-5-12(13(8)15)18-14(19)11-6-10(16)7-17-9(11)2/h3-7H,16H2,1-2H3,(H,18,19). The molecule has 0 radical (unpaired) electrons. The Morgan fingerprint density at radius 3 is 2.84 bits per heavy atom. The Labute approximate surface area is 120 Å². The van der Waals surface area contributed by atoms with Gasteiger partial charge in [-0.3, -0.25) is 9.78 Å². The number of aromatic nitrogens is 1. The number of aryl methyl sites for hydroxylation is 2. The zero-order chi connectivity index (χ0) is 14.0. The summed E-state index contributed by atoms with van der Waals surface area (Å²) in [6.45, 7) is 3.74. The molecule has 19 heavy (non-hydrogen) atoms. The van der Waals surface area contributed by atoms with Crippen molar-refractivity contribution in [2.75, 3.05) is 11.1 Å². The molecule has 0 aliphatic carbocycles. The number of nitrogens with two attached hydrogens (primary N) is 1. The average Bonchev–Trinajstić information content (AvgIpc) is 2.38. The topological polar surface area (TPSA) is 68.0 Å². The van der Waals surface area contributed by atoms with E-state index in [1.54, 1.807) is 13.0 Å². The van der Waals surface area contributed by atoms with E-state index in [2.05, 4.69) is 26.2 Å². The Balaban J connectivity index is 2.31. The first-order valence-corrected chi connectivity index (χ1v) is 6.57. The number of carbonyl (C=O) groups is 1. The monoisotopic (exact) mass is 319 g/mol. The lowest BCUT2D eigenvalue weighted by atomic mass is 10.1. The SMILES string of the molecule is Cc1cccc(NC(=O)c2cc(N)cnc2C)c1Br. The second kappa shape index (κ2) is 5.40. The van der Waals surface area contributed by atoms with Crippen LogP contribution in [0.3, 0.4) is 0 Å². The molecule has 5 heteroatoms. The molecule has 98 valence electrons. The second-order valence-electron chi connectivity index (χ2n) is 4.29. The Morgan fingerprint density at radius 2 is 2.11 bits per heavy atom. The predicted molar refractivity (Wildman–Crippen MR) is 80.2 cm³/mol. The predicted octanol–water partition coefficient (Wildman–Crippen LogP) is 3.30. The molecule has 2 aromatic rings. The number of nitrogens with one attached hydrogen (secondary N) is 1. The molecule has 0 bridgehead atoms. The lowest BCUT2D eigenvalue weighted by Crippen LogP contribution is -2.15. The zero-order valence-corrected chi connectivity index (χ0v) is 12.3. The molecule has 4 nitrogen and oxygen atoms in total. The molecule has 1 heterocycles. The van der Waals surface area contributed by atoms with Gasteiger partial charge in [-0.1, -0.05) is 12.1 Å². The van der Waals surface area contributed by atoms with Gasteiger partial charge in [0, 0.05) is 4.47 Å². The zero-order valence-electron chi connectivity index (χ0n) is 10.7. The van der Waals surface area contributed by atoms with Gasteiger partial charge in [0.25, 0.3) is 5.91 Å². The van der Waals surface area contributed by atoms with Crippen LogP contribution in [-0.2, 0) is 0 Å². The van der Waals surface area contributed by atoms with Crippen molar-refractivity contribution in [1.29, 1.82) is 0 Å². The number of anilines is 2. The van der Waals surface area contributed by atoms with Crippen LogP contribution in [0.2, 0.25) is 0 Å². The van der Waals surface area contributed by atoms with E-state index < -0.39 is 0 Å². The molecule has 1 aromatic carbocycles. The van der Waals surface area contributed by atoms with Gasteiger partial charge in [0.15, 0.2) is 0 Å². The van der Waals surface area contributed by atoms with Crippen molar-refractivity contribution < 1.29 is 4.79 Å². The minimum Gasteiger partial charge on any atom is -0.397 e. The van der Waals surface area contributed by atoms with Gasteiger partial charge in [-0.25, -0.2) is 0 Å². The van der Waals surface area contributed by atoms with Gasteiger partial charge in [-0.15, -0.1) is 0 Å². The normalized spacial score (nSPS) is 10.3. The van der Waals surface area contributed by atoms with E-state index in [9.17, 15) is 4.79 Å². The van der Waals surface area contributed by atoms with Crippen LogP contribution in [0.1, 0.15) is 21.6 Å². The van der Waals surface area contributed by atoms with Crippen LogP contribution in [-0.4, -0.2) is 10.9 Å². The molecule has 0 saturated heterocycles. The summed E-state index contributed by atoms with van der Waals surface area (Å²) in [5.74, 6) is -0.219. The number of nitrogens with zero attached hydrogens (tertiary/aromatic N) is 1. The van der Waals surface area contributed by atoms with E-state index in [0.29, 0.717) is 16.9 Å². The van der Waals surface area contributed by atoms with Crippen molar-refractivity contribution in [3.8, 4) is 0 Å². The average molecular weight is 320 g/mol. The van der Waals surface area contributed by atoms with Crippen LogP contribution < -0.4 is 11.1 Å². The minimum absolute atomic E-state index is 0.219. The second-order valence-corrected chi connectivity index (χ2v) is 5.09. The molecule has 0 spiro atoms. The fourth-order valence-corrected chi connectivity index (χ4v) is 2.08. The summed E-state index contributed by atoms with van der Waals surface area (Å²) < 4.78 is 0.873. The highest BCUT2D eigenvalue weighted by Gasteiger charge is 2.12. The molecule has 0 atom stereocenters. The molecular formula is C14H14BrN3O. The Kier molecular flexibility index (Phi) is 3.85. The number of rotatable bonds is 2. The highest BCUT2D eigenvalue weighted by molar-refractivity contribution is 9.10. The number of pyridine rings is 1. The highest BCUT2D eigenvalue weighted by atomic mass is 79.9.